The van der Waals surface area contributed by atoms with E-state index in [2.05, 4.69) is 10.6 Å². The highest BCUT2D eigenvalue weighted by molar-refractivity contribution is 5.81. The van der Waals surface area contributed by atoms with Gasteiger partial charge in [-0.15, -0.1) is 0 Å². The predicted octanol–water partition coefficient (Wildman–Crippen LogP) is 0.742. The number of nitrogens with one attached hydrogen (secondary N) is 2. The Hall–Kier alpha value is -1.10. The normalized spacial score (nSPS) is 31.6. The molecule has 2 bridgehead atoms. The molecule has 2 aliphatic heterocycles. The number of carboxylic acids is 1. The Morgan fingerprint density at radius 3 is 2.56 bits per heavy atom. The van der Waals surface area contributed by atoms with Crippen molar-refractivity contribution in [1.29, 1.82) is 0 Å². The maximum atomic E-state index is 12.2. The molecule has 2 saturated heterocycles. The largest absolute Gasteiger partial charge is 0.481 e. The van der Waals surface area contributed by atoms with Gasteiger partial charge >= 0.3 is 5.97 Å². The van der Waals surface area contributed by atoms with Gasteiger partial charge in [0, 0.05) is 18.1 Å². The summed E-state index contributed by atoms with van der Waals surface area (Å²) in [6.07, 6.45) is 3.12. The van der Waals surface area contributed by atoms with Crippen LogP contribution in [0.5, 0.6) is 0 Å². The van der Waals surface area contributed by atoms with Crippen LogP contribution in [0.25, 0.3) is 0 Å². The number of carboxylic acid groups (broad SMARTS) is 1. The highest BCUT2D eigenvalue weighted by Gasteiger charge is 2.43. The summed E-state index contributed by atoms with van der Waals surface area (Å²) in [4.78, 5) is 23.0. The molecule has 0 aliphatic carbocycles. The van der Waals surface area contributed by atoms with E-state index in [1.807, 2.05) is 13.8 Å². The Labute approximate surface area is 107 Å². The van der Waals surface area contributed by atoms with E-state index < -0.39 is 5.97 Å². The first-order chi connectivity index (χ1) is 8.47. The second-order valence-electron chi connectivity index (χ2n) is 5.85. The average Bonchev–Trinajstić information content (AvgIpc) is 2.88. The summed E-state index contributed by atoms with van der Waals surface area (Å²) in [7, 11) is 0. The fourth-order valence-electron chi connectivity index (χ4n) is 3.05. The number of fused-ring (bicyclic) bond motifs is 2. The molecule has 1 amide bonds. The maximum Gasteiger partial charge on any atom is 0.305 e. The SMILES string of the molecule is CC(C)C(CC(=O)O)NC(=O)C1CC2CCC1N2. The van der Waals surface area contributed by atoms with Gasteiger partial charge in [0.2, 0.25) is 5.91 Å². The molecule has 3 N–H and O–H groups in total. The summed E-state index contributed by atoms with van der Waals surface area (Å²) >= 11 is 0. The van der Waals surface area contributed by atoms with E-state index in [-0.39, 0.29) is 30.2 Å². The molecule has 5 nitrogen and oxygen atoms in total. The third-order valence-electron chi connectivity index (χ3n) is 4.16. The molecule has 5 heteroatoms. The summed E-state index contributed by atoms with van der Waals surface area (Å²) in [5.41, 5.74) is 0. The van der Waals surface area contributed by atoms with Crippen LogP contribution in [0.4, 0.5) is 0 Å². The zero-order valence-corrected chi connectivity index (χ0v) is 11.0. The Morgan fingerprint density at radius 2 is 2.11 bits per heavy atom. The molecule has 0 radical (unpaired) electrons. The lowest BCUT2D eigenvalue weighted by atomic mass is 9.88. The smallest absolute Gasteiger partial charge is 0.305 e. The van der Waals surface area contributed by atoms with E-state index in [1.54, 1.807) is 0 Å². The molecule has 2 aliphatic rings. The first kappa shape index (κ1) is 13.3. The predicted molar refractivity (Wildman–Crippen MR) is 67.1 cm³/mol. The van der Waals surface area contributed by atoms with Crippen molar-refractivity contribution < 1.29 is 14.7 Å². The summed E-state index contributed by atoms with van der Waals surface area (Å²) in [5, 5.41) is 15.2. The van der Waals surface area contributed by atoms with Crippen molar-refractivity contribution in [2.45, 2.75) is 57.7 Å². The van der Waals surface area contributed by atoms with Crippen molar-refractivity contribution in [2.24, 2.45) is 11.8 Å². The summed E-state index contributed by atoms with van der Waals surface area (Å²) in [6.45, 7) is 3.87. The van der Waals surface area contributed by atoms with Crippen LogP contribution in [-0.4, -0.2) is 35.1 Å². The van der Waals surface area contributed by atoms with Gasteiger partial charge in [0.1, 0.15) is 0 Å². The van der Waals surface area contributed by atoms with Crippen LogP contribution in [0.1, 0.15) is 39.5 Å². The van der Waals surface area contributed by atoms with E-state index >= 15 is 0 Å². The van der Waals surface area contributed by atoms with E-state index in [4.69, 9.17) is 5.11 Å². The first-order valence-electron chi connectivity index (χ1n) is 6.75. The van der Waals surface area contributed by atoms with Crippen LogP contribution in [0.15, 0.2) is 0 Å². The van der Waals surface area contributed by atoms with Crippen molar-refractivity contribution in [3.8, 4) is 0 Å². The maximum absolute atomic E-state index is 12.2. The van der Waals surface area contributed by atoms with Gasteiger partial charge < -0.3 is 15.7 Å². The highest BCUT2D eigenvalue weighted by Crippen LogP contribution is 2.33. The number of carbonyl (C=O) groups excluding carboxylic acids is 1. The second kappa shape index (κ2) is 5.26. The van der Waals surface area contributed by atoms with Gasteiger partial charge in [-0.2, -0.15) is 0 Å². The second-order valence-corrected chi connectivity index (χ2v) is 5.85. The Balaban J connectivity index is 1.90. The Bertz CT molecular complexity index is 343. The molecule has 2 rings (SSSR count). The molecule has 0 aromatic carbocycles. The van der Waals surface area contributed by atoms with Gasteiger partial charge in [-0.3, -0.25) is 9.59 Å². The highest BCUT2D eigenvalue weighted by atomic mass is 16.4. The van der Waals surface area contributed by atoms with E-state index in [0.29, 0.717) is 12.1 Å². The molecule has 2 fully saturated rings. The minimum atomic E-state index is -0.861. The number of amides is 1. The van der Waals surface area contributed by atoms with Gasteiger partial charge in [-0.1, -0.05) is 13.8 Å². The minimum absolute atomic E-state index is 0.00233. The lowest BCUT2D eigenvalue weighted by Gasteiger charge is -2.25. The molecule has 102 valence electrons. The molecule has 4 atom stereocenters. The van der Waals surface area contributed by atoms with Crippen LogP contribution < -0.4 is 10.6 Å². The van der Waals surface area contributed by atoms with Crippen LogP contribution in [0.2, 0.25) is 0 Å². The number of rotatable bonds is 5. The molecule has 4 unspecified atom stereocenters. The molecule has 0 aromatic rings. The molecule has 18 heavy (non-hydrogen) atoms. The van der Waals surface area contributed by atoms with Gasteiger partial charge in [-0.25, -0.2) is 0 Å². The van der Waals surface area contributed by atoms with Gasteiger partial charge in [0.25, 0.3) is 0 Å². The molecular formula is C13H22N2O3. The van der Waals surface area contributed by atoms with Crippen LogP contribution >= 0.6 is 0 Å². The molecular weight excluding hydrogens is 232 g/mol. The van der Waals surface area contributed by atoms with Gasteiger partial charge in [0.15, 0.2) is 0 Å². The van der Waals surface area contributed by atoms with E-state index in [9.17, 15) is 9.59 Å². The van der Waals surface area contributed by atoms with Gasteiger partial charge in [0.05, 0.1) is 12.3 Å². The Morgan fingerprint density at radius 1 is 1.39 bits per heavy atom. The lowest BCUT2D eigenvalue weighted by molar-refractivity contribution is -0.138. The lowest BCUT2D eigenvalue weighted by Crippen LogP contribution is -2.45. The molecule has 0 saturated carbocycles. The summed E-state index contributed by atoms with van der Waals surface area (Å²) in [5.74, 6) is -0.676. The number of hydrogen-bond donors (Lipinski definition) is 3. The van der Waals surface area contributed by atoms with Crippen LogP contribution in [-0.2, 0) is 9.59 Å². The van der Waals surface area contributed by atoms with Gasteiger partial charge in [-0.05, 0) is 25.2 Å². The van der Waals surface area contributed by atoms with Crippen molar-refractivity contribution in [3.05, 3.63) is 0 Å². The Kier molecular flexibility index (Phi) is 3.90. The summed E-state index contributed by atoms with van der Waals surface area (Å²) in [6, 6.07) is 0.518. The zero-order valence-electron chi connectivity index (χ0n) is 11.0. The molecule has 0 aromatic heterocycles. The zero-order chi connectivity index (χ0) is 13.3. The van der Waals surface area contributed by atoms with Crippen molar-refractivity contribution in [2.75, 3.05) is 0 Å². The van der Waals surface area contributed by atoms with E-state index in [1.165, 1.54) is 0 Å². The number of aliphatic carboxylic acids is 1. The number of hydrogen-bond acceptors (Lipinski definition) is 3. The molecule has 0 spiro atoms. The van der Waals surface area contributed by atoms with Crippen molar-refractivity contribution in [3.63, 3.8) is 0 Å². The van der Waals surface area contributed by atoms with Crippen molar-refractivity contribution in [1.82, 2.24) is 10.6 Å². The topological polar surface area (TPSA) is 78.4 Å². The first-order valence-corrected chi connectivity index (χ1v) is 6.75. The van der Waals surface area contributed by atoms with Crippen LogP contribution in [0, 0.1) is 11.8 Å². The fraction of sp³-hybridized carbons (Fsp3) is 0.846. The standard InChI is InChI=1S/C13H22N2O3/c1-7(2)11(6-12(16)17)15-13(18)9-5-8-3-4-10(9)14-8/h7-11,14H,3-6H2,1-2H3,(H,15,18)(H,16,17). The fourth-order valence-corrected chi connectivity index (χ4v) is 3.05. The average molecular weight is 254 g/mol. The van der Waals surface area contributed by atoms with Crippen molar-refractivity contribution >= 4 is 11.9 Å². The monoisotopic (exact) mass is 254 g/mol. The van der Waals surface area contributed by atoms with Crippen LogP contribution in [0.3, 0.4) is 0 Å². The van der Waals surface area contributed by atoms with E-state index in [0.717, 1.165) is 19.3 Å². The minimum Gasteiger partial charge on any atom is -0.481 e. The molecule has 2 heterocycles. The number of carbonyl (C=O) groups is 2. The quantitative estimate of drug-likeness (QED) is 0.676. The third kappa shape index (κ3) is 2.83. The summed E-state index contributed by atoms with van der Waals surface area (Å²) < 4.78 is 0. The third-order valence-corrected chi connectivity index (χ3v) is 4.16.